The molecule has 3 rings (SSSR count). The summed E-state index contributed by atoms with van der Waals surface area (Å²) in [6, 6.07) is 20.0. The predicted molar refractivity (Wildman–Crippen MR) is 74.3 cm³/mol. The van der Waals surface area contributed by atoms with Crippen LogP contribution in [0.2, 0.25) is 0 Å². The Labute approximate surface area is 111 Å². The summed E-state index contributed by atoms with van der Waals surface area (Å²) < 4.78 is 0. The van der Waals surface area contributed by atoms with Crippen LogP contribution in [0.1, 0.15) is 5.82 Å². The summed E-state index contributed by atoms with van der Waals surface area (Å²) in [6.45, 7) is 0. The Kier molecular flexibility index (Phi) is 2.91. The number of nitrogens with zero attached hydrogens (tertiary/aromatic N) is 3. The molecule has 90 valence electrons. The average Bonchev–Trinajstić information content (AvgIpc) is 2.48. The summed E-state index contributed by atoms with van der Waals surface area (Å²) in [5.74, 6) is 0.569. The van der Waals surface area contributed by atoms with Crippen LogP contribution in [-0.2, 0) is 6.42 Å². The van der Waals surface area contributed by atoms with Gasteiger partial charge in [0.15, 0.2) is 0 Å². The number of para-hydroxylation sites is 1. The lowest BCUT2D eigenvalue weighted by atomic mass is 10.1. The van der Waals surface area contributed by atoms with E-state index in [-0.39, 0.29) is 6.42 Å². The van der Waals surface area contributed by atoms with Gasteiger partial charge in [0, 0.05) is 10.9 Å². The number of nitriles is 1. The van der Waals surface area contributed by atoms with E-state index in [1.54, 1.807) is 0 Å². The molecule has 0 fully saturated rings. The molecular formula is C16H11N3. The third-order valence-corrected chi connectivity index (χ3v) is 2.93. The summed E-state index contributed by atoms with van der Waals surface area (Å²) in [5, 5.41) is 9.83. The van der Waals surface area contributed by atoms with E-state index in [1.807, 2.05) is 54.6 Å². The van der Waals surface area contributed by atoms with Crippen LogP contribution >= 0.6 is 0 Å². The summed E-state index contributed by atoms with van der Waals surface area (Å²) >= 11 is 0. The number of hydrogen-bond acceptors (Lipinski definition) is 3. The molecule has 1 heterocycles. The van der Waals surface area contributed by atoms with Gasteiger partial charge in [0.25, 0.3) is 0 Å². The fraction of sp³-hybridized carbons (Fsp3) is 0.0625. The highest BCUT2D eigenvalue weighted by atomic mass is 14.9. The Balaban J connectivity index is 2.30. The third kappa shape index (κ3) is 2.16. The van der Waals surface area contributed by atoms with Crippen LogP contribution in [0.4, 0.5) is 0 Å². The molecule has 0 aliphatic carbocycles. The lowest BCUT2D eigenvalue weighted by molar-refractivity contribution is 1.03. The zero-order valence-electron chi connectivity index (χ0n) is 10.2. The first-order valence-electron chi connectivity index (χ1n) is 6.06. The van der Waals surface area contributed by atoms with Crippen LogP contribution in [0.25, 0.3) is 22.2 Å². The first-order valence-corrected chi connectivity index (χ1v) is 6.06. The lowest BCUT2D eigenvalue weighted by Gasteiger charge is -2.07. The molecule has 0 amide bonds. The van der Waals surface area contributed by atoms with Crippen molar-refractivity contribution >= 4 is 10.9 Å². The first-order chi connectivity index (χ1) is 9.38. The van der Waals surface area contributed by atoms with Crippen LogP contribution in [0, 0.1) is 11.3 Å². The van der Waals surface area contributed by atoms with E-state index in [0.29, 0.717) is 5.82 Å². The van der Waals surface area contributed by atoms with E-state index in [2.05, 4.69) is 16.0 Å². The van der Waals surface area contributed by atoms with Crippen molar-refractivity contribution in [3.63, 3.8) is 0 Å². The Morgan fingerprint density at radius 3 is 2.42 bits per heavy atom. The smallest absolute Gasteiger partial charge is 0.143 e. The van der Waals surface area contributed by atoms with Crippen LogP contribution in [0.5, 0.6) is 0 Å². The van der Waals surface area contributed by atoms with Crippen LogP contribution < -0.4 is 0 Å². The van der Waals surface area contributed by atoms with Gasteiger partial charge in [-0.25, -0.2) is 9.97 Å². The van der Waals surface area contributed by atoms with Crippen molar-refractivity contribution in [2.45, 2.75) is 6.42 Å². The zero-order valence-corrected chi connectivity index (χ0v) is 10.2. The topological polar surface area (TPSA) is 49.6 Å². The van der Waals surface area contributed by atoms with Crippen molar-refractivity contribution in [3.8, 4) is 17.3 Å². The molecule has 0 unspecified atom stereocenters. The molecule has 0 N–H and O–H groups in total. The van der Waals surface area contributed by atoms with E-state index in [1.165, 1.54) is 0 Å². The van der Waals surface area contributed by atoms with Gasteiger partial charge in [-0.2, -0.15) is 5.26 Å². The molecule has 0 spiro atoms. The van der Waals surface area contributed by atoms with Crippen molar-refractivity contribution in [1.29, 1.82) is 5.26 Å². The summed E-state index contributed by atoms with van der Waals surface area (Å²) in [4.78, 5) is 8.94. The molecule has 1 aromatic heterocycles. The molecule has 3 nitrogen and oxygen atoms in total. The van der Waals surface area contributed by atoms with Crippen molar-refractivity contribution in [1.82, 2.24) is 9.97 Å². The highest BCUT2D eigenvalue weighted by Crippen LogP contribution is 2.25. The minimum absolute atomic E-state index is 0.227. The average molecular weight is 245 g/mol. The second-order valence-electron chi connectivity index (χ2n) is 4.21. The van der Waals surface area contributed by atoms with Gasteiger partial charge in [-0.1, -0.05) is 48.5 Å². The monoisotopic (exact) mass is 245 g/mol. The van der Waals surface area contributed by atoms with Crippen molar-refractivity contribution < 1.29 is 0 Å². The molecule has 0 atom stereocenters. The molecule has 0 aliphatic rings. The Morgan fingerprint density at radius 2 is 1.63 bits per heavy atom. The maximum absolute atomic E-state index is 8.82. The second-order valence-corrected chi connectivity index (χ2v) is 4.21. The van der Waals surface area contributed by atoms with Crippen molar-refractivity contribution in [2.75, 3.05) is 0 Å². The third-order valence-electron chi connectivity index (χ3n) is 2.93. The maximum Gasteiger partial charge on any atom is 0.143 e. The van der Waals surface area contributed by atoms with Crippen molar-refractivity contribution in [3.05, 3.63) is 60.4 Å². The SMILES string of the molecule is N#CCc1nc(-c2ccccc2)c2ccccc2n1. The van der Waals surface area contributed by atoms with Gasteiger partial charge in [-0.3, -0.25) is 0 Å². The number of fused-ring (bicyclic) bond motifs is 1. The first kappa shape index (κ1) is 11.4. The van der Waals surface area contributed by atoms with E-state index in [4.69, 9.17) is 5.26 Å². The standard InChI is InChI=1S/C16H11N3/c17-11-10-15-18-14-9-5-4-8-13(14)16(19-15)12-6-2-1-3-7-12/h1-9H,10H2. The second kappa shape index (κ2) is 4.87. The Morgan fingerprint density at radius 1 is 0.895 bits per heavy atom. The van der Waals surface area contributed by atoms with E-state index in [9.17, 15) is 0 Å². The maximum atomic E-state index is 8.82. The van der Waals surface area contributed by atoms with Gasteiger partial charge >= 0.3 is 0 Å². The normalized spacial score (nSPS) is 10.3. The summed E-state index contributed by atoms with van der Waals surface area (Å²) in [6.07, 6.45) is 0.227. The molecule has 0 aliphatic heterocycles. The molecule has 0 radical (unpaired) electrons. The van der Waals surface area contributed by atoms with Gasteiger partial charge in [0.05, 0.1) is 23.7 Å². The number of aromatic nitrogens is 2. The Bertz CT molecular complexity index is 758. The van der Waals surface area contributed by atoms with Gasteiger partial charge in [0.2, 0.25) is 0 Å². The van der Waals surface area contributed by atoms with Crippen LogP contribution in [-0.4, -0.2) is 9.97 Å². The van der Waals surface area contributed by atoms with Crippen LogP contribution in [0.15, 0.2) is 54.6 Å². The highest BCUT2D eigenvalue weighted by Gasteiger charge is 2.08. The fourth-order valence-corrected chi connectivity index (χ4v) is 2.09. The molecule has 3 aromatic rings. The molecular weight excluding hydrogens is 234 g/mol. The summed E-state index contributed by atoms with van der Waals surface area (Å²) in [5.41, 5.74) is 2.80. The lowest BCUT2D eigenvalue weighted by Crippen LogP contribution is -1.97. The molecule has 19 heavy (non-hydrogen) atoms. The van der Waals surface area contributed by atoms with Gasteiger partial charge < -0.3 is 0 Å². The van der Waals surface area contributed by atoms with Gasteiger partial charge in [0.1, 0.15) is 5.82 Å². The quantitative estimate of drug-likeness (QED) is 0.695. The fourth-order valence-electron chi connectivity index (χ4n) is 2.09. The van der Waals surface area contributed by atoms with Gasteiger partial charge in [-0.05, 0) is 6.07 Å². The minimum atomic E-state index is 0.227. The molecule has 0 saturated heterocycles. The van der Waals surface area contributed by atoms with E-state index in [0.717, 1.165) is 22.2 Å². The minimum Gasteiger partial charge on any atom is -0.232 e. The largest absolute Gasteiger partial charge is 0.232 e. The van der Waals surface area contributed by atoms with Crippen LogP contribution in [0.3, 0.4) is 0 Å². The molecule has 3 heteroatoms. The van der Waals surface area contributed by atoms with E-state index >= 15 is 0 Å². The Hall–Kier alpha value is -2.73. The van der Waals surface area contributed by atoms with Crippen molar-refractivity contribution in [2.24, 2.45) is 0 Å². The number of hydrogen-bond donors (Lipinski definition) is 0. The molecule has 0 bridgehead atoms. The molecule has 2 aromatic carbocycles. The number of benzene rings is 2. The molecule has 0 saturated carbocycles. The summed E-state index contributed by atoms with van der Waals surface area (Å²) in [7, 11) is 0. The van der Waals surface area contributed by atoms with Gasteiger partial charge in [-0.15, -0.1) is 0 Å². The predicted octanol–water partition coefficient (Wildman–Crippen LogP) is 3.36. The number of rotatable bonds is 2. The zero-order chi connectivity index (χ0) is 13.1. The van der Waals surface area contributed by atoms with E-state index < -0.39 is 0 Å². The highest BCUT2D eigenvalue weighted by molar-refractivity contribution is 5.92.